The van der Waals surface area contributed by atoms with Gasteiger partial charge in [0, 0.05) is 6.04 Å². The molecule has 2 aromatic carbocycles. The number of hydrogen-bond donors (Lipinski definition) is 1. The van der Waals surface area contributed by atoms with Gasteiger partial charge in [-0.1, -0.05) is 54.6 Å². The summed E-state index contributed by atoms with van der Waals surface area (Å²) in [5, 5.41) is 3.56. The fraction of sp³-hybridized carbons (Fsp3) is 0.333. The molecule has 3 rings (SSSR count). The van der Waals surface area contributed by atoms with Gasteiger partial charge < -0.3 is 5.32 Å². The number of hydrogen-bond acceptors (Lipinski definition) is 1. The van der Waals surface area contributed by atoms with Crippen LogP contribution in [0.5, 0.6) is 0 Å². The van der Waals surface area contributed by atoms with Crippen LogP contribution in [0.2, 0.25) is 0 Å². The molecular weight excluding hydrogens is 230 g/mol. The number of aryl methyl sites for hydroxylation is 1. The topological polar surface area (TPSA) is 12.0 Å². The first kappa shape index (κ1) is 12.4. The lowest BCUT2D eigenvalue weighted by Crippen LogP contribution is -2.17. The highest BCUT2D eigenvalue weighted by molar-refractivity contribution is 5.63. The van der Waals surface area contributed by atoms with E-state index in [1.807, 2.05) is 0 Å². The quantitative estimate of drug-likeness (QED) is 0.764. The summed E-state index contributed by atoms with van der Waals surface area (Å²) in [6.07, 6.45) is 5.17. The van der Waals surface area contributed by atoms with E-state index < -0.39 is 0 Å². The second-order valence-corrected chi connectivity index (χ2v) is 5.39. The molecule has 1 aliphatic rings. The van der Waals surface area contributed by atoms with Gasteiger partial charge in [0.2, 0.25) is 0 Å². The van der Waals surface area contributed by atoms with E-state index in [1.54, 1.807) is 0 Å². The van der Waals surface area contributed by atoms with Gasteiger partial charge in [-0.25, -0.2) is 0 Å². The zero-order valence-electron chi connectivity index (χ0n) is 11.3. The van der Waals surface area contributed by atoms with Gasteiger partial charge in [0.05, 0.1) is 0 Å². The summed E-state index contributed by atoms with van der Waals surface area (Å²) in [4.78, 5) is 0. The van der Waals surface area contributed by atoms with Gasteiger partial charge in [-0.3, -0.25) is 0 Å². The molecule has 1 nitrogen and oxygen atoms in total. The van der Waals surface area contributed by atoms with Gasteiger partial charge >= 0.3 is 0 Å². The van der Waals surface area contributed by atoms with Crippen LogP contribution in [0.15, 0.2) is 54.6 Å². The number of benzene rings is 2. The third-order valence-corrected chi connectivity index (χ3v) is 3.71. The van der Waals surface area contributed by atoms with E-state index in [0.717, 1.165) is 12.6 Å². The molecule has 1 heteroatoms. The Morgan fingerprint density at radius 2 is 1.53 bits per heavy atom. The van der Waals surface area contributed by atoms with E-state index in [0.29, 0.717) is 0 Å². The monoisotopic (exact) mass is 251 g/mol. The van der Waals surface area contributed by atoms with Crippen molar-refractivity contribution in [1.82, 2.24) is 5.32 Å². The molecule has 1 N–H and O–H groups in total. The van der Waals surface area contributed by atoms with Crippen molar-refractivity contribution in [3.05, 3.63) is 60.2 Å². The highest BCUT2D eigenvalue weighted by Gasteiger charge is 2.19. The summed E-state index contributed by atoms with van der Waals surface area (Å²) < 4.78 is 0. The summed E-state index contributed by atoms with van der Waals surface area (Å²) >= 11 is 0. The van der Waals surface area contributed by atoms with Gasteiger partial charge in [0.1, 0.15) is 0 Å². The van der Waals surface area contributed by atoms with Crippen molar-refractivity contribution in [1.29, 1.82) is 0 Å². The standard InChI is InChI=1S/C18H21N/c1-2-6-16(7-3-1)17-10-8-15(9-11-17)5-4-14-19-18-12-13-18/h1-3,6-11,18-19H,4-5,12-14H2. The van der Waals surface area contributed by atoms with Gasteiger partial charge in [0.25, 0.3) is 0 Å². The predicted octanol–water partition coefficient (Wildman–Crippen LogP) is 4.04. The van der Waals surface area contributed by atoms with Crippen LogP contribution in [-0.4, -0.2) is 12.6 Å². The van der Waals surface area contributed by atoms with E-state index in [-0.39, 0.29) is 0 Å². The van der Waals surface area contributed by atoms with Crippen LogP contribution >= 0.6 is 0 Å². The normalized spacial score (nSPS) is 14.5. The van der Waals surface area contributed by atoms with Gasteiger partial charge in [-0.05, 0) is 48.9 Å². The third kappa shape index (κ3) is 3.68. The first-order chi connectivity index (χ1) is 9.42. The van der Waals surface area contributed by atoms with E-state index >= 15 is 0 Å². The maximum Gasteiger partial charge on any atom is 0.00682 e. The lowest BCUT2D eigenvalue weighted by atomic mass is 10.0. The van der Waals surface area contributed by atoms with Gasteiger partial charge in [-0.2, -0.15) is 0 Å². The van der Waals surface area contributed by atoms with E-state index in [9.17, 15) is 0 Å². The van der Waals surface area contributed by atoms with E-state index in [4.69, 9.17) is 0 Å². The number of nitrogens with one attached hydrogen (secondary N) is 1. The lowest BCUT2D eigenvalue weighted by Gasteiger charge is -2.05. The molecule has 0 amide bonds. The van der Waals surface area contributed by atoms with Gasteiger partial charge in [0.15, 0.2) is 0 Å². The Morgan fingerprint density at radius 3 is 2.21 bits per heavy atom. The third-order valence-electron chi connectivity index (χ3n) is 3.71. The van der Waals surface area contributed by atoms with Crippen molar-refractivity contribution < 1.29 is 0 Å². The summed E-state index contributed by atoms with van der Waals surface area (Å²) in [5.41, 5.74) is 4.04. The van der Waals surface area contributed by atoms with E-state index in [1.165, 1.54) is 42.4 Å². The molecule has 1 saturated carbocycles. The van der Waals surface area contributed by atoms with Crippen LogP contribution in [0.1, 0.15) is 24.8 Å². The number of rotatable bonds is 6. The van der Waals surface area contributed by atoms with Crippen molar-refractivity contribution in [3.8, 4) is 11.1 Å². The van der Waals surface area contributed by atoms with Crippen molar-refractivity contribution in [3.63, 3.8) is 0 Å². The molecule has 0 aliphatic heterocycles. The molecule has 19 heavy (non-hydrogen) atoms. The lowest BCUT2D eigenvalue weighted by molar-refractivity contribution is 0.645. The first-order valence-corrected chi connectivity index (χ1v) is 7.29. The summed E-state index contributed by atoms with van der Waals surface area (Å²) in [6.45, 7) is 1.16. The van der Waals surface area contributed by atoms with Crippen LogP contribution < -0.4 is 5.32 Å². The molecule has 2 aromatic rings. The van der Waals surface area contributed by atoms with Crippen molar-refractivity contribution in [2.75, 3.05) is 6.54 Å². The Hall–Kier alpha value is -1.60. The molecule has 0 heterocycles. The second kappa shape index (κ2) is 6.03. The van der Waals surface area contributed by atoms with Crippen LogP contribution in [0.25, 0.3) is 11.1 Å². The van der Waals surface area contributed by atoms with Crippen molar-refractivity contribution in [2.24, 2.45) is 0 Å². The summed E-state index contributed by atoms with van der Waals surface area (Å²) in [6, 6.07) is 20.4. The molecule has 0 radical (unpaired) electrons. The second-order valence-electron chi connectivity index (χ2n) is 5.39. The Morgan fingerprint density at radius 1 is 0.842 bits per heavy atom. The minimum atomic E-state index is 0.834. The van der Waals surface area contributed by atoms with Crippen LogP contribution in [0, 0.1) is 0 Å². The SMILES string of the molecule is c1ccc(-c2ccc(CCCNC3CC3)cc2)cc1. The molecule has 0 saturated heterocycles. The average Bonchev–Trinajstić information content (AvgIpc) is 3.29. The molecule has 1 aliphatic carbocycles. The first-order valence-electron chi connectivity index (χ1n) is 7.29. The minimum absolute atomic E-state index is 0.834. The highest BCUT2D eigenvalue weighted by Crippen LogP contribution is 2.20. The molecule has 98 valence electrons. The summed E-state index contributed by atoms with van der Waals surface area (Å²) in [5.74, 6) is 0. The maximum atomic E-state index is 3.56. The Balaban J connectivity index is 1.53. The predicted molar refractivity (Wildman–Crippen MR) is 81.2 cm³/mol. The van der Waals surface area contributed by atoms with Crippen LogP contribution in [-0.2, 0) is 6.42 Å². The van der Waals surface area contributed by atoms with Crippen molar-refractivity contribution in [2.45, 2.75) is 31.7 Å². The maximum absolute atomic E-state index is 3.56. The minimum Gasteiger partial charge on any atom is -0.314 e. The molecule has 0 atom stereocenters. The van der Waals surface area contributed by atoms with Crippen molar-refractivity contribution >= 4 is 0 Å². The van der Waals surface area contributed by atoms with Crippen LogP contribution in [0.4, 0.5) is 0 Å². The smallest absolute Gasteiger partial charge is 0.00682 e. The molecule has 0 spiro atoms. The van der Waals surface area contributed by atoms with E-state index in [2.05, 4.69) is 59.9 Å². The Kier molecular flexibility index (Phi) is 3.95. The summed E-state index contributed by atoms with van der Waals surface area (Å²) in [7, 11) is 0. The molecule has 0 bridgehead atoms. The fourth-order valence-electron chi connectivity index (χ4n) is 2.38. The fourth-order valence-corrected chi connectivity index (χ4v) is 2.38. The zero-order valence-corrected chi connectivity index (χ0v) is 11.3. The average molecular weight is 251 g/mol. The zero-order chi connectivity index (χ0) is 12.9. The Bertz CT molecular complexity index is 497. The Labute approximate surface area is 115 Å². The molecule has 1 fully saturated rings. The highest BCUT2D eigenvalue weighted by atomic mass is 14.9. The molecule has 0 aromatic heterocycles. The molecular formula is C18H21N. The van der Waals surface area contributed by atoms with Gasteiger partial charge in [-0.15, -0.1) is 0 Å². The molecule has 0 unspecified atom stereocenters. The van der Waals surface area contributed by atoms with Crippen LogP contribution in [0.3, 0.4) is 0 Å². The largest absolute Gasteiger partial charge is 0.314 e.